The Morgan fingerprint density at radius 2 is 1.93 bits per heavy atom. The standard InChI is InChI=1S/C20H24N4O4S/c1-15(19(25)23-17-8-5-11-21-13-17)22-20(26)16-7-6-12-24(14-16)29(27,28)18-9-3-2-4-10-18/h2-5,8-11,13,15-16H,6-7,12,14H2,1H3,(H,22,26)(H,23,25). The number of aromatic nitrogens is 1. The lowest BCUT2D eigenvalue weighted by atomic mass is 9.98. The second-order valence-corrected chi connectivity index (χ2v) is 8.91. The summed E-state index contributed by atoms with van der Waals surface area (Å²) in [5.41, 5.74) is 0.538. The summed E-state index contributed by atoms with van der Waals surface area (Å²) in [5, 5.41) is 5.37. The normalized spacial score (nSPS) is 18.6. The largest absolute Gasteiger partial charge is 0.344 e. The van der Waals surface area contributed by atoms with Crippen molar-refractivity contribution in [1.29, 1.82) is 0 Å². The van der Waals surface area contributed by atoms with Gasteiger partial charge in [0.15, 0.2) is 0 Å². The summed E-state index contributed by atoms with van der Waals surface area (Å²) >= 11 is 0. The highest BCUT2D eigenvalue weighted by atomic mass is 32.2. The lowest BCUT2D eigenvalue weighted by molar-refractivity contribution is -0.129. The summed E-state index contributed by atoms with van der Waals surface area (Å²) < 4.78 is 27.0. The Labute approximate surface area is 170 Å². The van der Waals surface area contributed by atoms with Gasteiger partial charge in [0.25, 0.3) is 0 Å². The lowest BCUT2D eigenvalue weighted by Gasteiger charge is -2.31. The number of hydrogen-bond donors (Lipinski definition) is 2. The molecule has 2 atom stereocenters. The smallest absolute Gasteiger partial charge is 0.246 e. The fourth-order valence-electron chi connectivity index (χ4n) is 3.20. The molecular weight excluding hydrogens is 392 g/mol. The topological polar surface area (TPSA) is 108 Å². The molecule has 0 aliphatic carbocycles. The molecular formula is C20H24N4O4S. The highest BCUT2D eigenvalue weighted by Gasteiger charge is 2.34. The van der Waals surface area contributed by atoms with E-state index in [1.54, 1.807) is 55.6 Å². The molecule has 2 aromatic rings. The molecule has 1 aliphatic heterocycles. The Morgan fingerprint density at radius 1 is 1.17 bits per heavy atom. The molecule has 8 nitrogen and oxygen atoms in total. The molecule has 1 saturated heterocycles. The number of pyridine rings is 1. The summed E-state index contributed by atoms with van der Waals surface area (Å²) in [7, 11) is -3.65. The van der Waals surface area contributed by atoms with Crippen LogP contribution in [0.4, 0.5) is 5.69 Å². The average molecular weight is 417 g/mol. The minimum absolute atomic E-state index is 0.0972. The Kier molecular flexibility index (Phi) is 6.60. The van der Waals surface area contributed by atoms with Crippen LogP contribution in [0.2, 0.25) is 0 Å². The van der Waals surface area contributed by atoms with Gasteiger partial charge in [0.05, 0.1) is 22.7 Å². The van der Waals surface area contributed by atoms with Gasteiger partial charge in [-0.3, -0.25) is 14.6 Å². The Balaban J connectivity index is 1.60. The zero-order valence-corrected chi connectivity index (χ0v) is 16.9. The molecule has 1 aromatic heterocycles. The Hall–Kier alpha value is -2.78. The van der Waals surface area contributed by atoms with Gasteiger partial charge in [-0.05, 0) is 44.0 Å². The summed E-state index contributed by atoms with van der Waals surface area (Å²) in [4.78, 5) is 29.1. The number of nitrogens with zero attached hydrogens (tertiary/aromatic N) is 2. The first-order chi connectivity index (χ1) is 13.9. The van der Waals surface area contributed by atoms with Gasteiger partial charge in [-0.25, -0.2) is 8.42 Å². The number of piperidine rings is 1. The summed E-state index contributed by atoms with van der Waals surface area (Å²) in [5.74, 6) is -1.20. The minimum Gasteiger partial charge on any atom is -0.344 e. The van der Waals surface area contributed by atoms with Crippen molar-refractivity contribution in [2.24, 2.45) is 5.92 Å². The Morgan fingerprint density at radius 3 is 2.62 bits per heavy atom. The molecule has 154 valence electrons. The van der Waals surface area contributed by atoms with Gasteiger partial charge in [-0.2, -0.15) is 4.31 Å². The van der Waals surface area contributed by atoms with Gasteiger partial charge in [0.1, 0.15) is 6.04 Å². The third kappa shape index (κ3) is 5.18. The van der Waals surface area contributed by atoms with E-state index in [0.29, 0.717) is 25.1 Å². The maximum atomic E-state index is 12.8. The van der Waals surface area contributed by atoms with Crippen LogP contribution < -0.4 is 10.6 Å². The minimum atomic E-state index is -3.65. The van der Waals surface area contributed by atoms with E-state index >= 15 is 0 Å². The van der Waals surface area contributed by atoms with Gasteiger partial charge in [-0.15, -0.1) is 0 Å². The molecule has 2 unspecified atom stereocenters. The average Bonchev–Trinajstić information content (AvgIpc) is 2.75. The van der Waals surface area contributed by atoms with Crippen LogP contribution >= 0.6 is 0 Å². The quantitative estimate of drug-likeness (QED) is 0.744. The van der Waals surface area contributed by atoms with E-state index in [-0.39, 0.29) is 23.3 Å². The second-order valence-electron chi connectivity index (χ2n) is 6.98. The number of carbonyl (C=O) groups excluding carboxylic acids is 2. The third-order valence-electron chi connectivity index (χ3n) is 4.82. The van der Waals surface area contributed by atoms with E-state index in [4.69, 9.17) is 0 Å². The number of hydrogen-bond acceptors (Lipinski definition) is 5. The Bertz CT molecular complexity index is 951. The van der Waals surface area contributed by atoms with Crippen molar-refractivity contribution >= 4 is 27.5 Å². The molecule has 0 bridgehead atoms. The van der Waals surface area contributed by atoms with Gasteiger partial charge in [0, 0.05) is 19.3 Å². The third-order valence-corrected chi connectivity index (χ3v) is 6.70. The number of carbonyl (C=O) groups is 2. The monoisotopic (exact) mass is 416 g/mol. The molecule has 0 radical (unpaired) electrons. The van der Waals surface area contributed by atoms with Crippen LogP contribution in [0.1, 0.15) is 19.8 Å². The molecule has 2 N–H and O–H groups in total. The van der Waals surface area contributed by atoms with Crippen molar-refractivity contribution < 1.29 is 18.0 Å². The lowest BCUT2D eigenvalue weighted by Crippen LogP contribution is -2.49. The van der Waals surface area contributed by atoms with E-state index in [2.05, 4.69) is 15.6 Å². The van der Waals surface area contributed by atoms with Crippen molar-refractivity contribution in [3.63, 3.8) is 0 Å². The molecule has 2 heterocycles. The van der Waals surface area contributed by atoms with E-state index in [1.807, 2.05) is 0 Å². The summed E-state index contributed by atoms with van der Waals surface area (Å²) in [6.07, 6.45) is 4.27. The van der Waals surface area contributed by atoms with E-state index < -0.39 is 22.0 Å². The number of rotatable bonds is 6. The van der Waals surface area contributed by atoms with E-state index in [9.17, 15) is 18.0 Å². The van der Waals surface area contributed by atoms with Crippen LogP contribution in [-0.4, -0.2) is 48.7 Å². The number of nitrogens with one attached hydrogen (secondary N) is 2. The summed E-state index contributed by atoms with van der Waals surface area (Å²) in [6, 6.07) is 10.8. The van der Waals surface area contributed by atoms with E-state index in [0.717, 1.165) is 0 Å². The SMILES string of the molecule is CC(NC(=O)C1CCCN(S(=O)(=O)c2ccccc2)C1)C(=O)Nc1cccnc1. The van der Waals surface area contributed by atoms with Crippen molar-refractivity contribution in [2.75, 3.05) is 18.4 Å². The number of sulfonamides is 1. The highest BCUT2D eigenvalue weighted by Crippen LogP contribution is 2.24. The zero-order chi connectivity index (χ0) is 20.9. The number of anilines is 1. The molecule has 1 aromatic carbocycles. The van der Waals surface area contributed by atoms with Crippen LogP contribution in [0, 0.1) is 5.92 Å². The molecule has 9 heteroatoms. The molecule has 0 spiro atoms. The predicted octanol–water partition coefficient (Wildman–Crippen LogP) is 1.63. The fraction of sp³-hybridized carbons (Fsp3) is 0.350. The maximum Gasteiger partial charge on any atom is 0.246 e. The second kappa shape index (κ2) is 9.15. The van der Waals surface area contributed by atoms with Gasteiger partial charge in [-0.1, -0.05) is 18.2 Å². The van der Waals surface area contributed by atoms with E-state index in [1.165, 1.54) is 10.5 Å². The molecule has 0 saturated carbocycles. The first-order valence-corrected chi connectivity index (χ1v) is 10.9. The zero-order valence-electron chi connectivity index (χ0n) is 16.1. The predicted molar refractivity (Wildman–Crippen MR) is 108 cm³/mol. The summed E-state index contributed by atoms with van der Waals surface area (Å²) in [6.45, 7) is 2.06. The molecule has 3 rings (SSSR count). The number of benzene rings is 1. The molecule has 29 heavy (non-hydrogen) atoms. The van der Waals surface area contributed by atoms with Crippen LogP contribution in [0.3, 0.4) is 0 Å². The molecule has 1 fully saturated rings. The van der Waals surface area contributed by atoms with Crippen molar-refractivity contribution in [1.82, 2.24) is 14.6 Å². The van der Waals surface area contributed by atoms with Crippen LogP contribution in [0.5, 0.6) is 0 Å². The molecule has 1 aliphatic rings. The highest BCUT2D eigenvalue weighted by molar-refractivity contribution is 7.89. The van der Waals surface area contributed by atoms with Crippen molar-refractivity contribution in [3.05, 3.63) is 54.9 Å². The fourth-order valence-corrected chi connectivity index (χ4v) is 4.75. The first-order valence-electron chi connectivity index (χ1n) is 9.44. The van der Waals surface area contributed by atoms with Crippen LogP contribution in [0.15, 0.2) is 59.8 Å². The van der Waals surface area contributed by atoms with Crippen LogP contribution in [0.25, 0.3) is 0 Å². The molecule has 2 amide bonds. The van der Waals surface area contributed by atoms with Crippen molar-refractivity contribution in [2.45, 2.75) is 30.7 Å². The van der Waals surface area contributed by atoms with Gasteiger partial charge in [0.2, 0.25) is 21.8 Å². The maximum absolute atomic E-state index is 12.8. The van der Waals surface area contributed by atoms with Gasteiger partial charge < -0.3 is 10.6 Å². The first kappa shape index (κ1) is 20.9. The van der Waals surface area contributed by atoms with Gasteiger partial charge >= 0.3 is 0 Å². The van der Waals surface area contributed by atoms with Crippen LogP contribution in [-0.2, 0) is 19.6 Å². The number of amides is 2. The van der Waals surface area contributed by atoms with Crippen molar-refractivity contribution in [3.8, 4) is 0 Å².